The summed E-state index contributed by atoms with van der Waals surface area (Å²) in [4.78, 5) is 36.7. The zero-order chi connectivity index (χ0) is 33.7. The molecule has 0 saturated heterocycles. The van der Waals surface area contributed by atoms with Crippen LogP contribution in [0.25, 0.3) is 11.1 Å². The molecule has 1 unspecified atom stereocenters. The highest BCUT2D eigenvalue weighted by molar-refractivity contribution is 5.98. The monoisotopic (exact) mass is 627 g/mol. The van der Waals surface area contributed by atoms with Crippen molar-refractivity contribution in [2.45, 2.75) is 45.5 Å². The van der Waals surface area contributed by atoms with Crippen LogP contribution in [-0.4, -0.2) is 63.9 Å². The fourth-order valence-electron chi connectivity index (χ4n) is 4.02. The second-order valence-corrected chi connectivity index (χ2v) is 9.65. The van der Waals surface area contributed by atoms with Crippen LogP contribution in [0.3, 0.4) is 0 Å². The lowest BCUT2D eigenvalue weighted by Crippen LogP contribution is -2.49. The fraction of sp³-hybridized carbons (Fsp3) is 0.258. The zero-order valence-electron chi connectivity index (χ0n) is 24.6. The molecular formula is C31H32F3N5O6. The molecule has 0 saturated carbocycles. The topological polar surface area (TPSA) is 178 Å². The van der Waals surface area contributed by atoms with E-state index in [1.54, 1.807) is 69.3 Å². The minimum atomic E-state index is -5.08. The molecule has 3 aromatic rings. The molecule has 0 spiro atoms. The Labute approximate surface area is 257 Å². The normalized spacial score (nSPS) is 11.8. The predicted octanol–water partition coefficient (Wildman–Crippen LogP) is 5.37. The van der Waals surface area contributed by atoms with Crippen molar-refractivity contribution in [1.29, 1.82) is 5.26 Å². The molecule has 0 heterocycles. The number of benzene rings is 3. The van der Waals surface area contributed by atoms with Crippen LogP contribution in [0.15, 0.2) is 78.0 Å². The number of halogens is 3. The number of anilines is 1. The van der Waals surface area contributed by atoms with Gasteiger partial charge in [0.15, 0.2) is 5.84 Å². The standard InChI is InChI=1S/C29H31N5O4.C2HF3O2/c1-4-34(29(36)38-19(2)3)26(17-20-8-7-10-22(16-20)27(31)33-37)28(35)32-24-14-12-21(13-15-24)25-11-6-5-9-23(25)18-30;3-2(4,5)1(6)7/h5-16,19,26,37H,4,17H2,1-3H3,(H2,31,33)(H,32,35);(H,6,7). The predicted molar refractivity (Wildman–Crippen MR) is 159 cm³/mol. The number of rotatable bonds is 9. The Morgan fingerprint density at radius 2 is 1.69 bits per heavy atom. The Hall–Kier alpha value is -5.58. The first kappa shape index (κ1) is 35.6. The SMILES string of the molecule is CCN(C(=O)OC(C)C)C(Cc1cccc(/C(N)=N/O)c1)C(=O)Nc1ccc(-c2ccccc2C#N)cc1.O=C(O)C(F)(F)F. The molecule has 0 aromatic heterocycles. The van der Waals surface area contributed by atoms with Gasteiger partial charge in [0.1, 0.15) is 6.04 Å². The maximum absolute atomic E-state index is 13.5. The molecule has 0 aliphatic rings. The second kappa shape index (κ2) is 16.3. The second-order valence-electron chi connectivity index (χ2n) is 9.65. The van der Waals surface area contributed by atoms with Crippen LogP contribution in [0.4, 0.5) is 23.7 Å². The number of nitrogens with two attached hydrogens (primary N) is 1. The van der Waals surface area contributed by atoms with Crippen LogP contribution in [-0.2, 0) is 20.7 Å². The van der Waals surface area contributed by atoms with Gasteiger partial charge < -0.3 is 26.1 Å². The van der Waals surface area contributed by atoms with Crippen LogP contribution in [0, 0.1) is 11.3 Å². The molecule has 0 aliphatic heterocycles. The third-order valence-electron chi connectivity index (χ3n) is 6.10. The summed E-state index contributed by atoms with van der Waals surface area (Å²) in [5.74, 6) is -3.21. The Morgan fingerprint density at radius 1 is 1.07 bits per heavy atom. The van der Waals surface area contributed by atoms with E-state index in [9.17, 15) is 28.0 Å². The molecule has 0 bridgehead atoms. The summed E-state index contributed by atoms with van der Waals surface area (Å²) < 4.78 is 37.1. The molecule has 3 aromatic carbocycles. The molecular weight excluding hydrogens is 595 g/mol. The van der Waals surface area contributed by atoms with Crippen LogP contribution < -0.4 is 11.1 Å². The van der Waals surface area contributed by atoms with Gasteiger partial charge in [-0.3, -0.25) is 9.69 Å². The van der Waals surface area contributed by atoms with Crippen LogP contribution in [0.1, 0.15) is 37.5 Å². The van der Waals surface area contributed by atoms with Crippen molar-refractivity contribution in [2.75, 3.05) is 11.9 Å². The number of carboxylic acids is 1. The van der Waals surface area contributed by atoms with Gasteiger partial charge in [0.25, 0.3) is 0 Å². The highest BCUT2D eigenvalue weighted by atomic mass is 19.4. The van der Waals surface area contributed by atoms with E-state index in [-0.39, 0.29) is 24.9 Å². The number of ether oxygens (including phenoxy) is 1. The molecule has 238 valence electrons. The van der Waals surface area contributed by atoms with Crippen molar-refractivity contribution in [1.82, 2.24) is 4.90 Å². The molecule has 0 aliphatic carbocycles. The number of hydrogen-bond donors (Lipinski definition) is 4. The highest BCUT2D eigenvalue weighted by Gasteiger charge is 2.38. The molecule has 0 fully saturated rings. The van der Waals surface area contributed by atoms with E-state index in [4.69, 9.17) is 25.6 Å². The number of alkyl halides is 3. The maximum Gasteiger partial charge on any atom is 0.490 e. The van der Waals surface area contributed by atoms with E-state index >= 15 is 0 Å². The van der Waals surface area contributed by atoms with Crippen molar-refractivity contribution < 1.29 is 42.6 Å². The van der Waals surface area contributed by atoms with Crippen molar-refractivity contribution in [2.24, 2.45) is 10.9 Å². The molecule has 14 heteroatoms. The number of nitrogens with zero attached hydrogens (tertiary/aromatic N) is 3. The average Bonchev–Trinajstić information content (AvgIpc) is 3.00. The van der Waals surface area contributed by atoms with Gasteiger partial charge in [0, 0.05) is 24.2 Å². The van der Waals surface area contributed by atoms with Gasteiger partial charge in [-0.25, -0.2) is 9.59 Å². The summed E-state index contributed by atoms with van der Waals surface area (Å²) in [5.41, 5.74) is 9.67. The first-order valence-electron chi connectivity index (χ1n) is 13.5. The summed E-state index contributed by atoms with van der Waals surface area (Å²) in [7, 11) is 0. The third kappa shape index (κ3) is 10.6. The van der Waals surface area contributed by atoms with Gasteiger partial charge in [0.05, 0.1) is 17.7 Å². The Balaban J connectivity index is 0.000000900. The number of oxime groups is 1. The number of amides is 2. The van der Waals surface area contributed by atoms with Gasteiger partial charge in [-0.15, -0.1) is 0 Å². The van der Waals surface area contributed by atoms with Crippen molar-refractivity contribution in [3.63, 3.8) is 0 Å². The van der Waals surface area contributed by atoms with E-state index in [2.05, 4.69) is 16.5 Å². The van der Waals surface area contributed by atoms with E-state index in [1.165, 1.54) is 4.90 Å². The first-order valence-corrected chi connectivity index (χ1v) is 13.5. The number of nitrogens with one attached hydrogen (secondary N) is 1. The number of likely N-dealkylation sites (N-methyl/N-ethyl adjacent to an activating group) is 1. The van der Waals surface area contributed by atoms with E-state index in [0.717, 1.165) is 11.1 Å². The lowest BCUT2D eigenvalue weighted by molar-refractivity contribution is -0.192. The van der Waals surface area contributed by atoms with Gasteiger partial charge in [0.2, 0.25) is 5.91 Å². The number of carboxylic acid groups (broad SMARTS) is 1. The van der Waals surface area contributed by atoms with Crippen LogP contribution in [0.5, 0.6) is 0 Å². The zero-order valence-corrected chi connectivity index (χ0v) is 24.6. The number of amidine groups is 1. The Kier molecular flexibility index (Phi) is 12.9. The molecule has 1 atom stereocenters. The first-order chi connectivity index (χ1) is 21.2. The summed E-state index contributed by atoms with van der Waals surface area (Å²) in [6.07, 6.45) is -5.86. The van der Waals surface area contributed by atoms with E-state index in [0.29, 0.717) is 22.4 Å². The van der Waals surface area contributed by atoms with Gasteiger partial charge in [-0.1, -0.05) is 53.7 Å². The molecule has 0 radical (unpaired) electrons. The number of carbonyl (C=O) groups is 3. The fourth-order valence-corrected chi connectivity index (χ4v) is 4.02. The summed E-state index contributed by atoms with van der Waals surface area (Å²) >= 11 is 0. The van der Waals surface area contributed by atoms with Crippen molar-refractivity contribution >= 4 is 29.5 Å². The smallest absolute Gasteiger partial charge is 0.475 e. The number of hydrogen-bond acceptors (Lipinski definition) is 7. The molecule has 45 heavy (non-hydrogen) atoms. The highest BCUT2D eigenvalue weighted by Crippen LogP contribution is 2.25. The van der Waals surface area contributed by atoms with Gasteiger partial charge >= 0.3 is 18.2 Å². The number of aliphatic carboxylic acids is 1. The quantitative estimate of drug-likeness (QED) is 0.106. The van der Waals surface area contributed by atoms with Gasteiger partial charge in [-0.05, 0) is 61.7 Å². The summed E-state index contributed by atoms with van der Waals surface area (Å²) in [6, 6.07) is 22.7. The summed E-state index contributed by atoms with van der Waals surface area (Å²) in [6.45, 7) is 5.50. The maximum atomic E-state index is 13.5. The largest absolute Gasteiger partial charge is 0.490 e. The van der Waals surface area contributed by atoms with Crippen LogP contribution in [0.2, 0.25) is 0 Å². The number of carbonyl (C=O) groups excluding carboxylic acids is 2. The lowest BCUT2D eigenvalue weighted by Gasteiger charge is -2.30. The minimum absolute atomic E-state index is 0.0579. The molecule has 2 amide bonds. The van der Waals surface area contributed by atoms with Crippen molar-refractivity contribution in [3.8, 4) is 17.2 Å². The number of nitriles is 1. The lowest BCUT2D eigenvalue weighted by atomic mass is 10.00. The average molecular weight is 628 g/mol. The van der Waals surface area contributed by atoms with E-state index in [1.807, 2.05) is 24.3 Å². The van der Waals surface area contributed by atoms with E-state index < -0.39 is 30.2 Å². The summed E-state index contributed by atoms with van der Waals surface area (Å²) in [5, 5.41) is 31.5. The third-order valence-corrected chi connectivity index (χ3v) is 6.10. The van der Waals surface area contributed by atoms with Crippen molar-refractivity contribution in [3.05, 3.63) is 89.5 Å². The Morgan fingerprint density at radius 3 is 2.22 bits per heavy atom. The minimum Gasteiger partial charge on any atom is -0.475 e. The van der Waals surface area contributed by atoms with Crippen LogP contribution >= 0.6 is 0 Å². The molecule has 11 nitrogen and oxygen atoms in total. The Bertz CT molecular complexity index is 1550. The van der Waals surface area contributed by atoms with Gasteiger partial charge in [-0.2, -0.15) is 18.4 Å². The molecule has 3 rings (SSSR count). The molecule has 5 N–H and O–H groups in total.